The van der Waals surface area contributed by atoms with Gasteiger partial charge in [-0.2, -0.15) is 0 Å². The molecule has 0 saturated carbocycles. The number of unbranched alkanes of at least 4 members (excludes halogenated alkanes) is 31. The van der Waals surface area contributed by atoms with Gasteiger partial charge in [-0.25, -0.2) is 0 Å². The smallest absolute Gasteiger partial charge is 0.306 e. The minimum absolute atomic E-state index is 0.0660. The predicted molar refractivity (Wildman–Crippen MR) is 282 cm³/mol. The van der Waals surface area contributed by atoms with Crippen LogP contribution in [0, 0.1) is 0 Å². The Morgan fingerprint density at radius 2 is 0.831 bits per heavy atom. The summed E-state index contributed by atoms with van der Waals surface area (Å²) in [4.78, 5) is 26.2. The Balaban J connectivity index is 4.54. The van der Waals surface area contributed by atoms with E-state index in [4.69, 9.17) is 4.74 Å². The SMILES string of the molecule is CC/C=C/C/C=C/CCCCCCCCCC(=O)OC(CCCCCCC/C=C\C/C=C\CCCCC)CC(=O)NC(CO)C(O)CCCCCCCCCCCCCCCCCCC. The second-order valence-electron chi connectivity index (χ2n) is 19.3. The Morgan fingerprint density at radius 1 is 0.462 bits per heavy atom. The molecule has 380 valence electrons. The van der Waals surface area contributed by atoms with E-state index >= 15 is 0 Å². The van der Waals surface area contributed by atoms with Crippen molar-refractivity contribution in [2.45, 2.75) is 309 Å². The molecule has 0 fully saturated rings. The highest BCUT2D eigenvalue weighted by molar-refractivity contribution is 5.77. The minimum Gasteiger partial charge on any atom is -0.462 e. The Bertz CT molecular complexity index is 1110. The third-order valence-electron chi connectivity index (χ3n) is 12.9. The maximum absolute atomic E-state index is 13.3. The zero-order valence-corrected chi connectivity index (χ0v) is 43.4. The minimum atomic E-state index is -0.794. The number of hydrogen-bond acceptors (Lipinski definition) is 5. The topological polar surface area (TPSA) is 95.9 Å². The van der Waals surface area contributed by atoms with Gasteiger partial charge < -0.3 is 20.3 Å². The summed E-state index contributed by atoms with van der Waals surface area (Å²) in [5.41, 5.74) is 0. The van der Waals surface area contributed by atoms with E-state index in [0.29, 0.717) is 19.3 Å². The summed E-state index contributed by atoms with van der Waals surface area (Å²) in [5.74, 6) is -0.488. The number of aliphatic hydroxyl groups excluding tert-OH is 2. The normalized spacial score (nSPS) is 13.5. The lowest BCUT2D eigenvalue weighted by atomic mass is 10.0. The molecule has 0 aliphatic carbocycles. The second-order valence-corrected chi connectivity index (χ2v) is 19.3. The number of aliphatic hydroxyl groups is 2. The van der Waals surface area contributed by atoms with Crippen molar-refractivity contribution in [2.75, 3.05) is 6.61 Å². The number of amides is 1. The number of nitrogens with one attached hydrogen (secondary N) is 1. The van der Waals surface area contributed by atoms with E-state index in [1.165, 1.54) is 154 Å². The molecular formula is C59H109NO5. The number of rotatable bonds is 51. The molecule has 65 heavy (non-hydrogen) atoms. The third-order valence-corrected chi connectivity index (χ3v) is 12.9. The van der Waals surface area contributed by atoms with Crippen LogP contribution < -0.4 is 5.32 Å². The van der Waals surface area contributed by atoms with Gasteiger partial charge in [0.15, 0.2) is 0 Å². The molecule has 0 radical (unpaired) electrons. The van der Waals surface area contributed by atoms with Gasteiger partial charge in [0, 0.05) is 6.42 Å². The first kappa shape index (κ1) is 62.8. The number of carbonyl (C=O) groups is 2. The van der Waals surface area contributed by atoms with Gasteiger partial charge in [-0.05, 0) is 83.5 Å². The van der Waals surface area contributed by atoms with Crippen molar-refractivity contribution in [1.29, 1.82) is 0 Å². The van der Waals surface area contributed by atoms with Gasteiger partial charge in [0.05, 0.1) is 25.2 Å². The maximum atomic E-state index is 13.3. The Kier molecular flexibility index (Phi) is 51.0. The van der Waals surface area contributed by atoms with Crippen molar-refractivity contribution in [3.05, 3.63) is 48.6 Å². The molecule has 6 nitrogen and oxygen atoms in total. The molecule has 0 aromatic heterocycles. The van der Waals surface area contributed by atoms with Crippen LogP contribution in [0.15, 0.2) is 48.6 Å². The van der Waals surface area contributed by atoms with Crippen molar-refractivity contribution in [3.63, 3.8) is 0 Å². The van der Waals surface area contributed by atoms with E-state index in [0.717, 1.165) is 89.9 Å². The zero-order chi connectivity index (χ0) is 47.4. The van der Waals surface area contributed by atoms with E-state index < -0.39 is 18.2 Å². The van der Waals surface area contributed by atoms with Gasteiger partial charge in [0.2, 0.25) is 5.91 Å². The van der Waals surface area contributed by atoms with E-state index in [2.05, 4.69) is 74.7 Å². The van der Waals surface area contributed by atoms with Crippen LogP contribution in [0.3, 0.4) is 0 Å². The van der Waals surface area contributed by atoms with E-state index in [1.54, 1.807) is 0 Å². The lowest BCUT2D eigenvalue weighted by Gasteiger charge is -2.24. The second kappa shape index (κ2) is 52.8. The largest absolute Gasteiger partial charge is 0.462 e. The molecule has 0 aliphatic heterocycles. The van der Waals surface area contributed by atoms with Crippen LogP contribution in [0.5, 0.6) is 0 Å². The Labute approximate surface area is 404 Å². The highest BCUT2D eigenvalue weighted by atomic mass is 16.5. The van der Waals surface area contributed by atoms with E-state index in [-0.39, 0.29) is 24.9 Å². The molecule has 0 saturated heterocycles. The first-order valence-electron chi connectivity index (χ1n) is 28.4. The fourth-order valence-electron chi connectivity index (χ4n) is 8.62. The quantitative estimate of drug-likeness (QED) is 0.0321. The molecule has 0 rings (SSSR count). The Hall–Kier alpha value is -2.18. The molecule has 1 amide bonds. The number of esters is 1. The van der Waals surface area contributed by atoms with E-state index in [9.17, 15) is 19.8 Å². The average Bonchev–Trinajstić information content (AvgIpc) is 3.30. The highest BCUT2D eigenvalue weighted by Crippen LogP contribution is 2.18. The fraction of sp³-hybridized carbons (Fsp3) is 0.831. The molecule has 0 bridgehead atoms. The first-order valence-corrected chi connectivity index (χ1v) is 28.4. The third kappa shape index (κ3) is 48.1. The van der Waals surface area contributed by atoms with Crippen molar-refractivity contribution in [1.82, 2.24) is 5.32 Å². The van der Waals surface area contributed by atoms with Gasteiger partial charge in [-0.1, -0.05) is 243 Å². The number of hydrogen-bond donors (Lipinski definition) is 3. The maximum Gasteiger partial charge on any atom is 0.306 e. The summed E-state index contributed by atoms with van der Waals surface area (Å²) >= 11 is 0. The lowest BCUT2D eigenvalue weighted by molar-refractivity contribution is -0.151. The molecule has 3 N–H and O–H groups in total. The van der Waals surface area contributed by atoms with Crippen LogP contribution >= 0.6 is 0 Å². The summed E-state index contributed by atoms with van der Waals surface area (Å²) in [6.45, 7) is 6.38. The summed E-state index contributed by atoms with van der Waals surface area (Å²) < 4.78 is 5.95. The van der Waals surface area contributed by atoms with Crippen LogP contribution in [-0.2, 0) is 14.3 Å². The first-order chi connectivity index (χ1) is 32.0. The van der Waals surface area contributed by atoms with Crippen molar-refractivity contribution >= 4 is 11.9 Å². The molecule has 3 unspecified atom stereocenters. The molecule has 0 aromatic carbocycles. The van der Waals surface area contributed by atoms with Gasteiger partial charge in [0.25, 0.3) is 0 Å². The zero-order valence-electron chi connectivity index (χ0n) is 43.4. The summed E-state index contributed by atoms with van der Waals surface area (Å²) in [5, 5.41) is 23.9. The van der Waals surface area contributed by atoms with Gasteiger partial charge >= 0.3 is 5.97 Å². The van der Waals surface area contributed by atoms with Crippen LogP contribution in [-0.4, -0.2) is 46.9 Å². The molecule has 0 heterocycles. The standard InChI is InChI=1S/C59H109NO5/c1-4-7-10-13-16-19-22-25-28-29-31-33-36-39-42-45-48-51-57(62)56(54-61)60-58(63)53-55(50-47-44-41-38-35-32-30-26-23-20-17-14-11-8-5-2)65-59(64)52-49-46-43-40-37-34-27-24-21-18-15-12-9-6-3/h9,12,17-18,20-21,26,30,55-57,61-62H,4-8,10-11,13-16,19,22-25,27-29,31-54H2,1-3H3,(H,60,63)/b12-9+,20-17-,21-18+,30-26-. The van der Waals surface area contributed by atoms with Gasteiger partial charge in [-0.3, -0.25) is 9.59 Å². The molecular weight excluding hydrogens is 803 g/mol. The number of carbonyl (C=O) groups excluding carboxylic acids is 2. The molecule has 0 aliphatic rings. The fourth-order valence-corrected chi connectivity index (χ4v) is 8.62. The lowest BCUT2D eigenvalue weighted by Crippen LogP contribution is -2.46. The van der Waals surface area contributed by atoms with E-state index in [1.807, 2.05) is 0 Å². The van der Waals surface area contributed by atoms with Crippen molar-refractivity contribution in [2.24, 2.45) is 0 Å². The summed E-state index contributed by atoms with van der Waals surface area (Å²) in [6.07, 6.45) is 64.6. The number of ether oxygens (including phenoxy) is 1. The van der Waals surface area contributed by atoms with Crippen LogP contribution in [0.2, 0.25) is 0 Å². The van der Waals surface area contributed by atoms with Crippen LogP contribution in [0.4, 0.5) is 0 Å². The predicted octanol–water partition coefficient (Wildman–Crippen LogP) is 17.4. The molecule has 3 atom stereocenters. The summed E-state index contributed by atoms with van der Waals surface area (Å²) in [6, 6.07) is -0.708. The highest BCUT2D eigenvalue weighted by Gasteiger charge is 2.24. The van der Waals surface area contributed by atoms with Crippen LogP contribution in [0.1, 0.15) is 290 Å². The molecule has 0 spiro atoms. The van der Waals surface area contributed by atoms with Crippen molar-refractivity contribution < 1.29 is 24.5 Å². The Morgan fingerprint density at radius 3 is 1.28 bits per heavy atom. The van der Waals surface area contributed by atoms with Crippen molar-refractivity contribution in [3.8, 4) is 0 Å². The summed E-state index contributed by atoms with van der Waals surface area (Å²) in [7, 11) is 0. The monoisotopic (exact) mass is 912 g/mol. The molecule has 6 heteroatoms. The van der Waals surface area contributed by atoms with Gasteiger partial charge in [-0.15, -0.1) is 0 Å². The number of allylic oxidation sites excluding steroid dienone is 8. The van der Waals surface area contributed by atoms with Gasteiger partial charge in [0.1, 0.15) is 6.10 Å². The average molecular weight is 913 g/mol. The van der Waals surface area contributed by atoms with Crippen LogP contribution in [0.25, 0.3) is 0 Å². The molecule has 0 aromatic rings.